The Kier molecular flexibility index (Phi) is 21.8. The summed E-state index contributed by atoms with van der Waals surface area (Å²) in [5.74, 6) is 0.591. The highest BCUT2D eigenvalue weighted by atomic mass is 31.2. The number of hydrogen-bond acceptors (Lipinski definition) is 3. The minimum Gasteiger partial charge on any atom is -0.426 e. The fourth-order valence-electron chi connectivity index (χ4n) is 6.34. The van der Waals surface area contributed by atoms with Crippen LogP contribution in [0.2, 0.25) is 0 Å². The summed E-state index contributed by atoms with van der Waals surface area (Å²) in [6, 6.07) is 13.1. The Bertz CT molecular complexity index is 957. The van der Waals surface area contributed by atoms with E-state index in [1.807, 2.05) is 6.07 Å². The second-order valence-corrected chi connectivity index (χ2v) is 13.4. The molecule has 0 amide bonds. The third kappa shape index (κ3) is 16.5. The van der Waals surface area contributed by atoms with Crippen LogP contribution in [0, 0.1) is 0 Å². The van der Waals surface area contributed by atoms with Crippen LogP contribution >= 0.6 is 8.60 Å². The Hall–Kier alpha value is -1.41. The molecule has 0 fully saturated rings. The summed E-state index contributed by atoms with van der Waals surface area (Å²) in [6.07, 6.45) is 30.8. The monoisotopic (exact) mass is 612 g/mol. The van der Waals surface area contributed by atoms with E-state index in [0.29, 0.717) is 5.75 Å². The lowest BCUT2D eigenvalue weighted by molar-refractivity contribution is 0.375. The van der Waals surface area contributed by atoms with E-state index in [-0.39, 0.29) is 0 Å². The minimum absolute atomic E-state index is 0.591. The second-order valence-electron chi connectivity index (χ2n) is 12.7. The van der Waals surface area contributed by atoms with E-state index in [0.717, 1.165) is 24.8 Å². The normalized spacial score (nSPS) is 11.5. The molecule has 0 saturated heterocycles. The molecule has 0 radical (unpaired) electrons. The first kappa shape index (κ1) is 37.8. The highest BCUT2D eigenvalue weighted by Gasteiger charge is 2.17. The molecule has 0 aliphatic heterocycles. The van der Waals surface area contributed by atoms with Gasteiger partial charge in [-0.3, -0.25) is 0 Å². The first-order valence-corrected chi connectivity index (χ1v) is 19.4. The Labute approximate surface area is 267 Å². The third-order valence-corrected chi connectivity index (χ3v) is 9.30. The van der Waals surface area contributed by atoms with Crippen LogP contribution in [-0.2, 0) is 19.3 Å². The van der Waals surface area contributed by atoms with Crippen molar-refractivity contribution >= 4 is 8.60 Å². The molecule has 0 saturated carbocycles. The molecule has 43 heavy (non-hydrogen) atoms. The van der Waals surface area contributed by atoms with Crippen LogP contribution in [0.4, 0.5) is 0 Å². The van der Waals surface area contributed by atoms with E-state index in [1.165, 1.54) is 157 Å². The van der Waals surface area contributed by atoms with Crippen molar-refractivity contribution in [2.24, 2.45) is 0 Å². The van der Waals surface area contributed by atoms with E-state index < -0.39 is 8.60 Å². The van der Waals surface area contributed by atoms with Crippen molar-refractivity contribution in [2.75, 3.05) is 0 Å². The van der Waals surface area contributed by atoms with Gasteiger partial charge in [-0.15, -0.1) is 0 Å². The van der Waals surface area contributed by atoms with Crippen molar-refractivity contribution in [3.8, 4) is 16.9 Å². The molecule has 2 rings (SSSR count). The van der Waals surface area contributed by atoms with E-state index in [1.54, 1.807) is 0 Å². The smallest absolute Gasteiger partial charge is 0.391 e. The summed E-state index contributed by atoms with van der Waals surface area (Å²) < 4.78 is 5.63. The van der Waals surface area contributed by atoms with E-state index >= 15 is 0 Å². The number of benzene rings is 2. The van der Waals surface area contributed by atoms with Gasteiger partial charge in [0.15, 0.2) is 0 Å². The summed E-state index contributed by atoms with van der Waals surface area (Å²) in [4.78, 5) is 19.6. The fourth-order valence-corrected chi connectivity index (χ4v) is 6.68. The highest BCUT2D eigenvalue weighted by Crippen LogP contribution is 2.40. The van der Waals surface area contributed by atoms with Gasteiger partial charge in [-0.1, -0.05) is 161 Å². The molecular formula is C39H65O3P. The van der Waals surface area contributed by atoms with Crippen molar-refractivity contribution in [2.45, 2.75) is 175 Å². The Balaban J connectivity index is 2.21. The molecule has 3 nitrogen and oxygen atoms in total. The Morgan fingerprint density at radius 1 is 0.512 bits per heavy atom. The van der Waals surface area contributed by atoms with E-state index in [9.17, 15) is 9.79 Å². The van der Waals surface area contributed by atoms with Gasteiger partial charge in [0, 0.05) is 5.56 Å². The number of hydrogen-bond donors (Lipinski definition) is 2. The van der Waals surface area contributed by atoms with Crippen LogP contribution < -0.4 is 4.52 Å². The topological polar surface area (TPSA) is 49.7 Å². The maximum atomic E-state index is 9.81. The van der Waals surface area contributed by atoms with Gasteiger partial charge in [0.2, 0.25) is 0 Å². The molecule has 2 aromatic rings. The van der Waals surface area contributed by atoms with Crippen molar-refractivity contribution in [1.29, 1.82) is 0 Å². The SMILES string of the molecule is CCCCCCCCCc1ccc(OP(O)O)c(-c2cccc(CCCCCCCCC)c2CCCCCCCCC)c1. The van der Waals surface area contributed by atoms with Crippen LogP contribution in [0.1, 0.15) is 172 Å². The number of rotatable bonds is 27. The summed E-state index contributed by atoms with van der Waals surface area (Å²) in [5.41, 5.74) is 6.47. The quantitative estimate of drug-likeness (QED) is 0.0779. The summed E-state index contributed by atoms with van der Waals surface area (Å²) in [5, 5.41) is 0. The lowest BCUT2D eigenvalue weighted by Crippen LogP contribution is -2.01. The van der Waals surface area contributed by atoms with Crippen LogP contribution in [0.3, 0.4) is 0 Å². The van der Waals surface area contributed by atoms with Crippen molar-refractivity contribution in [3.05, 3.63) is 53.1 Å². The zero-order valence-electron chi connectivity index (χ0n) is 28.2. The van der Waals surface area contributed by atoms with Gasteiger partial charge >= 0.3 is 8.60 Å². The van der Waals surface area contributed by atoms with E-state index in [4.69, 9.17) is 4.52 Å². The van der Waals surface area contributed by atoms with Gasteiger partial charge < -0.3 is 14.3 Å². The summed E-state index contributed by atoms with van der Waals surface area (Å²) in [6.45, 7) is 6.83. The molecule has 0 spiro atoms. The fraction of sp³-hybridized carbons (Fsp3) is 0.692. The van der Waals surface area contributed by atoms with Crippen molar-refractivity contribution < 1.29 is 14.3 Å². The standard InChI is InChI=1S/C39H65O3P/c1-4-7-10-13-16-19-22-26-34-31-32-39(42-43(40)41)38(33-34)37-30-25-28-35(27-23-20-17-14-11-8-5-2)36(37)29-24-21-18-15-12-9-6-3/h25,28,30-33,40-41H,4-24,26-27,29H2,1-3H3. The van der Waals surface area contributed by atoms with E-state index in [2.05, 4.69) is 51.1 Å². The van der Waals surface area contributed by atoms with Gasteiger partial charge in [-0.05, 0) is 72.9 Å². The molecule has 0 aliphatic rings. The zero-order valence-corrected chi connectivity index (χ0v) is 29.1. The van der Waals surface area contributed by atoms with Crippen LogP contribution in [-0.4, -0.2) is 9.79 Å². The molecule has 2 N–H and O–H groups in total. The second kappa shape index (κ2) is 24.9. The summed E-state index contributed by atoms with van der Waals surface area (Å²) >= 11 is 0. The average molecular weight is 613 g/mol. The largest absolute Gasteiger partial charge is 0.426 e. The van der Waals surface area contributed by atoms with Gasteiger partial charge in [-0.2, -0.15) is 0 Å². The molecule has 0 atom stereocenters. The molecule has 4 heteroatoms. The van der Waals surface area contributed by atoms with Gasteiger partial charge in [0.1, 0.15) is 5.75 Å². The predicted molar refractivity (Wildman–Crippen MR) is 189 cm³/mol. The van der Waals surface area contributed by atoms with Gasteiger partial charge in [0.25, 0.3) is 0 Å². The highest BCUT2D eigenvalue weighted by molar-refractivity contribution is 7.39. The van der Waals surface area contributed by atoms with Crippen molar-refractivity contribution in [3.63, 3.8) is 0 Å². The third-order valence-electron chi connectivity index (χ3n) is 8.94. The van der Waals surface area contributed by atoms with Crippen LogP contribution in [0.15, 0.2) is 36.4 Å². The molecule has 0 heterocycles. The van der Waals surface area contributed by atoms with Crippen LogP contribution in [0.5, 0.6) is 5.75 Å². The maximum absolute atomic E-state index is 9.81. The van der Waals surface area contributed by atoms with Gasteiger partial charge in [0.05, 0.1) is 0 Å². The molecule has 2 aromatic carbocycles. The van der Waals surface area contributed by atoms with Gasteiger partial charge in [-0.25, -0.2) is 0 Å². The summed E-state index contributed by atoms with van der Waals surface area (Å²) in [7, 11) is -2.47. The molecular weight excluding hydrogens is 547 g/mol. The lowest BCUT2D eigenvalue weighted by atomic mass is 9.88. The average Bonchev–Trinajstić information content (AvgIpc) is 3.00. The molecule has 0 aliphatic carbocycles. The first-order chi connectivity index (χ1) is 21.1. The molecule has 0 unspecified atom stereocenters. The van der Waals surface area contributed by atoms with Crippen molar-refractivity contribution in [1.82, 2.24) is 0 Å². The molecule has 244 valence electrons. The first-order valence-electron chi connectivity index (χ1n) is 18.2. The number of aryl methyl sites for hydroxylation is 2. The lowest BCUT2D eigenvalue weighted by Gasteiger charge is -2.19. The maximum Gasteiger partial charge on any atom is 0.391 e. The zero-order chi connectivity index (χ0) is 31.0. The Morgan fingerprint density at radius 3 is 1.53 bits per heavy atom. The van der Waals surface area contributed by atoms with Crippen LogP contribution in [0.25, 0.3) is 11.1 Å². The minimum atomic E-state index is -2.47. The molecule has 0 aromatic heterocycles. The Morgan fingerprint density at radius 2 is 1.00 bits per heavy atom. The predicted octanol–water partition coefficient (Wildman–Crippen LogP) is 12.8. The molecule has 0 bridgehead atoms. The number of unbranched alkanes of at least 4 members (excludes halogenated alkanes) is 18.